The lowest BCUT2D eigenvalue weighted by Gasteiger charge is -2.31. The van der Waals surface area contributed by atoms with Crippen LogP contribution in [0.25, 0.3) is 0 Å². The highest BCUT2D eigenvalue weighted by atomic mass is 16.2. The highest BCUT2D eigenvalue weighted by molar-refractivity contribution is 6.00. The highest BCUT2D eigenvalue weighted by Gasteiger charge is 2.35. The van der Waals surface area contributed by atoms with E-state index in [1.165, 1.54) is 0 Å². The molecular formula is C17H25N3O2. The zero-order chi connectivity index (χ0) is 16.0. The predicted molar refractivity (Wildman–Crippen MR) is 87.7 cm³/mol. The molecule has 2 rings (SSSR count). The predicted octanol–water partition coefficient (Wildman–Crippen LogP) is 2.43. The van der Waals surface area contributed by atoms with Crippen LogP contribution in [0.3, 0.4) is 0 Å². The largest absolute Gasteiger partial charge is 0.352 e. The van der Waals surface area contributed by atoms with Crippen molar-refractivity contribution in [3.05, 3.63) is 29.8 Å². The van der Waals surface area contributed by atoms with Gasteiger partial charge in [0.25, 0.3) is 5.91 Å². The van der Waals surface area contributed by atoms with Crippen molar-refractivity contribution >= 4 is 17.5 Å². The summed E-state index contributed by atoms with van der Waals surface area (Å²) < 4.78 is 0. The van der Waals surface area contributed by atoms with Gasteiger partial charge in [-0.05, 0) is 37.5 Å². The molecule has 1 saturated carbocycles. The number of carbonyl (C=O) groups is 2. The minimum Gasteiger partial charge on any atom is -0.352 e. The molecule has 0 aromatic heterocycles. The van der Waals surface area contributed by atoms with Crippen molar-refractivity contribution in [2.45, 2.75) is 51.0 Å². The molecule has 0 saturated heterocycles. The van der Waals surface area contributed by atoms with Crippen LogP contribution in [-0.4, -0.2) is 23.9 Å². The second-order valence-corrected chi connectivity index (χ2v) is 6.01. The van der Waals surface area contributed by atoms with E-state index in [2.05, 4.69) is 10.6 Å². The Morgan fingerprint density at radius 1 is 1.23 bits per heavy atom. The maximum Gasteiger partial charge on any atom is 0.251 e. The summed E-state index contributed by atoms with van der Waals surface area (Å²) in [4.78, 5) is 24.4. The normalized spacial score (nSPS) is 16.8. The monoisotopic (exact) mass is 303 g/mol. The van der Waals surface area contributed by atoms with Gasteiger partial charge in [-0.25, -0.2) is 0 Å². The van der Waals surface area contributed by atoms with E-state index in [1.807, 2.05) is 6.92 Å². The Bertz CT molecular complexity index is 536. The number of nitrogens with one attached hydrogen (secondary N) is 2. The molecule has 1 aliphatic carbocycles. The first-order chi connectivity index (χ1) is 10.5. The molecule has 0 heterocycles. The Labute approximate surface area is 131 Å². The van der Waals surface area contributed by atoms with Gasteiger partial charge in [-0.1, -0.05) is 32.3 Å². The molecule has 5 nitrogen and oxygen atoms in total. The van der Waals surface area contributed by atoms with E-state index in [9.17, 15) is 9.59 Å². The van der Waals surface area contributed by atoms with E-state index in [0.29, 0.717) is 17.8 Å². The van der Waals surface area contributed by atoms with Crippen LogP contribution in [0, 0.1) is 0 Å². The first-order valence-electron chi connectivity index (χ1n) is 8.04. The summed E-state index contributed by atoms with van der Waals surface area (Å²) in [6.45, 7) is 2.64. The summed E-state index contributed by atoms with van der Waals surface area (Å²) in [5, 5.41) is 5.68. The molecule has 1 aromatic rings. The van der Waals surface area contributed by atoms with Crippen molar-refractivity contribution in [1.82, 2.24) is 5.32 Å². The molecule has 0 atom stereocenters. The van der Waals surface area contributed by atoms with Crippen LogP contribution >= 0.6 is 0 Å². The minimum atomic E-state index is -0.779. The van der Waals surface area contributed by atoms with E-state index >= 15 is 0 Å². The van der Waals surface area contributed by atoms with Gasteiger partial charge in [0.2, 0.25) is 5.91 Å². The van der Waals surface area contributed by atoms with Crippen LogP contribution in [0.5, 0.6) is 0 Å². The number of hydrogen-bond donors (Lipinski definition) is 3. The molecule has 0 unspecified atom stereocenters. The number of benzene rings is 1. The lowest BCUT2D eigenvalue weighted by Crippen LogP contribution is -2.52. The third-order valence-electron chi connectivity index (χ3n) is 4.12. The van der Waals surface area contributed by atoms with E-state index in [1.54, 1.807) is 24.3 Å². The molecule has 2 amide bonds. The van der Waals surface area contributed by atoms with Crippen molar-refractivity contribution in [2.24, 2.45) is 5.73 Å². The quantitative estimate of drug-likeness (QED) is 0.781. The summed E-state index contributed by atoms with van der Waals surface area (Å²) in [5.41, 5.74) is 6.60. The topological polar surface area (TPSA) is 84.2 Å². The zero-order valence-electron chi connectivity index (χ0n) is 13.2. The van der Waals surface area contributed by atoms with Crippen molar-refractivity contribution in [3.8, 4) is 0 Å². The third kappa shape index (κ3) is 4.07. The fourth-order valence-corrected chi connectivity index (χ4v) is 2.74. The van der Waals surface area contributed by atoms with Crippen molar-refractivity contribution in [2.75, 3.05) is 11.9 Å². The molecule has 0 aliphatic heterocycles. The van der Waals surface area contributed by atoms with Gasteiger partial charge >= 0.3 is 0 Å². The molecule has 1 aromatic carbocycles. The van der Waals surface area contributed by atoms with E-state index < -0.39 is 5.54 Å². The molecule has 5 heteroatoms. The van der Waals surface area contributed by atoms with Gasteiger partial charge in [0.15, 0.2) is 0 Å². The Morgan fingerprint density at radius 3 is 2.64 bits per heavy atom. The second-order valence-electron chi connectivity index (χ2n) is 6.01. The molecule has 0 spiro atoms. The molecule has 22 heavy (non-hydrogen) atoms. The van der Waals surface area contributed by atoms with Crippen LogP contribution in [0.2, 0.25) is 0 Å². The number of carbonyl (C=O) groups excluding carboxylic acids is 2. The lowest BCUT2D eigenvalue weighted by atomic mass is 9.82. The Hall–Kier alpha value is -1.88. The number of nitrogens with two attached hydrogens (primary N) is 1. The van der Waals surface area contributed by atoms with Gasteiger partial charge in [-0.15, -0.1) is 0 Å². The van der Waals surface area contributed by atoms with Gasteiger partial charge in [-0.2, -0.15) is 0 Å². The number of hydrogen-bond acceptors (Lipinski definition) is 3. The maximum absolute atomic E-state index is 12.4. The molecule has 1 fully saturated rings. The Balaban J connectivity index is 2.03. The van der Waals surface area contributed by atoms with Gasteiger partial charge in [0.05, 0.1) is 5.54 Å². The maximum atomic E-state index is 12.4. The summed E-state index contributed by atoms with van der Waals surface area (Å²) in [6, 6.07) is 6.97. The van der Waals surface area contributed by atoms with E-state index in [-0.39, 0.29) is 11.8 Å². The fraction of sp³-hybridized carbons (Fsp3) is 0.529. The van der Waals surface area contributed by atoms with Crippen LogP contribution in [-0.2, 0) is 4.79 Å². The fourth-order valence-electron chi connectivity index (χ4n) is 2.74. The molecule has 0 bridgehead atoms. The van der Waals surface area contributed by atoms with Crippen LogP contribution in [0.1, 0.15) is 55.8 Å². The number of rotatable bonds is 5. The van der Waals surface area contributed by atoms with Gasteiger partial charge in [0, 0.05) is 17.8 Å². The SMILES string of the molecule is CCCNC(=O)c1cccc(NC(=O)C2(N)CCCCC2)c1. The standard InChI is InChI=1S/C17H25N3O2/c1-2-11-19-15(21)13-7-6-8-14(12-13)20-16(22)17(18)9-4-3-5-10-17/h6-8,12H,2-5,9-11,18H2,1H3,(H,19,21)(H,20,22). The Morgan fingerprint density at radius 2 is 1.95 bits per heavy atom. The second kappa shape index (κ2) is 7.40. The van der Waals surface area contributed by atoms with Crippen LogP contribution in [0.15, 0.2) is 24.3 Å². The number of anilines is 1. The Kier molecular flexibility index (Phi) is 5.55. The highest BCUT2D eigenvalue weighted by Crippen LogP contribution is 2.27. The summed E-state index contributed by atoms with van der Waals surface area (Å²) in [7, 11) is 0. The smallest absolute Gasteiger partial charge is 0.251 e. The zero-order valence-corrected chi connectivity index (χ0v) is 13.2. The molecule has 120 valence electrons. The van der Waals surface area contributed by atoms with Crippen LogP contribution in [0.4, 0.5) is 5.69 Å². The molecular weight excluding hydrogens is 278 g/mol. The first kappa shape index (κ1) is 16.5. The molecule has 4 N–H and O–H groups in total. The summed E-state index contributed by atoms with van der Waals surface area (Å²) in [6.07, 6.45) is 5.44. The minimum absolute atomic E-state index is 0.127. The van der Waals surface area contributed by atoms with Crippen molar-refractivity contribution in [3.63, 3.8) is 0 Å². The molecule has 0 radical (unpaired) electrons. The van der Waals surface area contributed by atoms with Gasteiger partial charge < -0.3 is 16.4 Å². The van der Waals surface area contributed by atoms with Gasteiger partial charge in [-0.3, -0.25) is 9.59 Å². The van der Waals surface area contributed by atoms with E-state index in [4.69, 9.17) is 5.73 Å². The average molecular weight is 303 g/mol. The average Bonchev–Trinajstić information content (AvgIpc) is 2.53. The molecule has 1 aliphatic rings. The number of amides is 2. The van der Waals surface area contributed by atoms with Gasteiger partial charge in [0.1, 0.15) is 0 Å². The van der Waals surface area contributed by atoms with Crippen molar-refractivity contribution in [1.29, 1.82) is 0 Å². The lowest BCUT2D eigenvalue weighted by molar-refractivity contribution is -0.122. The van der Waals surface area contributed by atoms with Crippen LogP contribution < -0.4 is 16.4 Å². The summed E-state index contributed by atoms with van der Waals surface area (Å²) >= 11 is 0. The third-order valence-corrected chi connectivity index (χ3v) is 4.12. The van der Waals surface area contributed by atoms with E-state index in [0.717, 1.165) is 38.5 Å². The van der Waals surface area contributed by atoms with Crippen molar-refractivity contribution < 1.29 is 9.59 Å². The first-order valence-corrected chi connectivity index (χ1v) is 8.04. The summed E-state index contributed by atoms with van der Waals surface area (Å²) in [5.74, 6) is -0.281.